The molecule has 3 heteroatoms. The Balaban J connectivity index is 2.84. The number of ether oxygens (including phenoxy) is 1. The summed E-state index contributed by atoms with van der Waals surface area (Å²) in [4.78, 5) is 2.45. The molecule has 1 rings (SSSR count). The van der Waals surface area contributed by atoms with Crippen LogP contribution in [0.2, 0.25) is 0 Å². The molecule has 0 bridgehead atoms. The fourth-order valence-corrected chi connectivity index (χ4v) is 2.37. The van der Waals surface area contributed by atoms with E-state index in [2.05, 4.69) is 36.9 Å². The summed E-state index contributed by atoms with van der Waals surface area (Å²) in [5.74, 6) is 0.935. The third-order valence-corrected chi connectivity index (χ3v) is 3.42. The van der Waals surface area contributed by atoms with Gasteiger partial charge in [0.1, 0.15) is 5.75 Å². The highest BCUT2D eigenvalue weighted by Crippen LogP contribution is 2.24. The molecular formula is C16H28N2O. The highest BCUT2D eigenvalue weighted by atomic mass is 16.5. The molecule has 1 aromatic rings. The van der Waals surface area contributed by atoms with Crippen LogP contribution in [0.25, 0.3) is 0 Å². The summed E-state index contributed by atoms with van der Waals surface area (Å²) in [6.07, 6.45) is 2.43. The molecule has 0 aromatic heterocycles. The largest absolute Gasteiger partial charge is 0.494 e. The quantitative estimate of drug-likeness (QED) is 0.744. The van der Waals surface area contributed by atoms with E-state index in [1.54, 1.807) is 0 Å². The molecule has 0 saturated heterocycles. The highest BCUT2D eigenvalue weighted by Gasteiger charge is 2.17. The lowest BCUT2D eigenvalue weighted by Gasteiger charge is -2.30. The van der Waals surface area contributed by atoms with Crippen LogP contribution in [0.1, 0.15) is 45.2 Å². The van der Waals surface area contributed by atoms with Crippen molar-refractivity contribution in [2.75, 3.05) is 26.2 Å². The van der Waals surface area contributed by atoms with Gasteiger partial charge in [0.05, 0.1) is 6.61 Å². The minimum atomic E-state index is 0.289. The SMILES string of the molecule is CCCCN(CC)C(CN)c1cccc(OCC)c1. The van der Waals surface area contributed by atoms with Crippen molar-refractivity contribution in [3.63, 3.8) is 0 Å². The summed E-state index contributed by atoms with van der Waals surface area (Å²) in [5, 5.41) is 0. The maximum Gasteiger partial charge on any atom is 0.119 e. The molecule has 1 unspecified atom stereocenters. The van der Waals surface area contributed by atoms with E-state index in [1.807, 2.05) is 13.0 Å². The van der Waals surface area contributed by atoms with Crippen LogP contribution in [0.5, 0.6) is 5.75 Å². The lowest BCUT2D eigenvalue weighted by molar-refractivity contribution is 0.208. The Kier molecular flexibility index (Phi) is 7.53. The first-order valence-corrected chi connectivity index (χ1v) is 7.43. The van der Waals surface area contributed by atoms with Crippen LogP contribution in [0, 0.1) is 0 Å². The zero-order valence-electron chi connectivity index (χ0n) is 12.6. The Labute approximate surface area is 117 Å². The topological polar surface area (TPSA) is 38.5 Å². The van der Waals surface area contributed by atoms with Gasteiger partial charge in [0, 0.05) is 12.6 Å². The molecular weight excluding hydrogens is 236 g/mol. The second-order valence-corrected chi connectivity index (χ2v) is 4.74. The van der Waals surface area contributed by atoms with Crippen molar-refractivity contribution in [2.45, 2.75) is 39.7 Å². The van der Waals surface area contributed by atoms with Crippen LogP contribution < -0.4 is 10.5 Å². The number of nitrogens with two attached hydrogens (primary N) is 1. The maximum atomic E-state index is 5.99. The van der Waals surface area contributed by atoms with E-state index >= 15 is 0 Å². The van der Waals surface area contributed by atoms with E-state index in [-0.39, 0.29) is 6.04 Å². The second kappa shape index (κ2) is 8.94. The van der Waals surface area contributed by atoms with E-state index in [0.717, 1.165) is 18.8 Å². The van der Waals surface area contributed by atoms with E-state index in [0.29, 0.717) is 13.2 Å². The van der Waals surface area contributed by atoms with Crippen molar-refractivity contribution in [3.8, 4) is 5.75 Å². The molecule has 0 fully saturated rings. The van der Waals surface area contributed by atoms with Gasteiger partial charge in [-0.1, -0.05) is 32.4 Å². The van der Waals surface area contributed by atoms with Gasteiger partial charge in [-0.05, 0) is 44.1 Å². The van der Waals surface area contributed by atoms with Gasteiger partial charge in [0.2, 0.25) is 0 Å². The third-order valence-electron chi connectivity index (χ3n) is 3.42. The average Bonchev–Trinajstić information content (AvgIpc) is 2.44. The Bertz CT molecular complexity index is 354. The van der Waals surface area contributed by atoms with Gasteiger partial charge in [-0.15, -0.1) is 0 Å². The van der Waals surface area contributed by atoms with Crippen molar-refractivity contribution < 1.29 is 4.74 Å². The molecule has 0 aliphatic heterocycles. The normalized spacial score (nSPS) is 12.7. The van der Waals surface area contributed by atoms with Crippen LogP contribution in [0.15, 0.2) is 24.3 Å². The zero-order valence-corrected chi connectivity index (χ0v) is 12.6. The van der Waals surface area contributed by atoms with Crippen LogP contribution in [0.3, 0.4) is 0 Å². The molecule has 3 nitrogen and oxygen atoms in total. The molecule has 0 heterocycles. The first-order valence-electron chi connectivity index (χ1n) is 7.43. The van der Waals surface area contributed by atoms with Gasteiger partial charge in [-0.25, -0.2) is 0 Å². The van der Waals surface area contributed by atoms with Crippen molar-refractivity contribution in [3.05, 3.63) is 29.8 Å². The summed E-state index contributed by atoms with van der Waals surface area (Å²) in [5.41, 5.74) is 7.25. The van der Waals surface area contributed by atoms with Gasteiger partial charge in [0.15, 0.2) is 0 Å². The van der Waals surface area contributed by atoms with Crippen LogP contribution in [-0.4, -0.2) is 31.1 Å². The fraction of sp³-hybridized carbons (Fsp3) is 0.625. The molecule has 0 aliphatic rings. The minimum absolute atomic E-state index is 0.289. The van der Waals surface area contributed by atoms with Crippen LogP contribution in [-0.2, 0) is 0 Å². The van der Waals surface area contributed by atoms with E-state index in [9.17, 15) is 0 Å². The Morgan fingerprint density at radius 1 is 1.26 bits per heavy atom. The number of rotatable bonds is 9. The molecule has 0 aliphatic carbocycles. The number of hydrogen-bond acceptors (Lipinski definition) is 3. The van der Waals surface area contributed by atoms with E-state index in [4.69, 9.17) is 10.5 Å². The summed E-state index contributed by atoms with van der Waals surface area (Å²) in [6, 6.07) is 8.61. The van der Waals surface area contributed by atoms with Gasteiger partial charge in [-0.3, -0.25) is 4.90 Å². The molecule has 0 amide bonds. The highest BCUT2D eigenvalue weighted by molar-refractivity contribution is 5.30. The fourth-order valence-electron chi connectivity index (χ4n) is 2.37. The third kappa shape index (κ3) is 4.84. The van der Waals surface area contributed by atoms with E-state index < -0.39 is 0 Å². The Morgan fingerprint density at radius 3 is 2.63 bits per heavy atom. The summed E-state index contributed by atoms with van der Waals surface area (Å²) >= 11 is 0. The molecule has 0 radical (unpaired) electrons. The molecule has 108 valence electrons. The molecule has 19 heavy (non-hydrogen) atoms. The maximum absolute atomic E-state index is 5.99. The Morgan fingerprint density at radius 2 is 2.05 bits per heavy atom. The molecule has 1 atom stereocenters. The van der Waals surface area contributed by atoms with Crippen LogP contribution in [0.4, 0.5) is 0 Å². The standard InChI is InChI=1S/C16H28N2O/c1-4-7-11-18(5-2)16(13-17)14-9-8-10-15(12-14)19-6-3/h8-10,12,16H,4-7,11,13,17H2,1-3H3. The van der Waals surface area contributed by atoms with Gasteiger partial charge in [0.25, 0.3) is 0 Å². The lowest BCUT2D eigenvalue weighted by Crippen LogP contribution is -2.34. The van der Waals surface area contributed by atoms with Crippen molar-refractivity contribution in [1.29, 1.82) is 0 Å². The molecule has 0 spiro atoms. The summed E-state index contributed by atoms with van der Waals surface area (Å²) < 4.78 is 5.58. The van der Waals surface area contributed by atoms with Gasteiger partial charge >= 0.3 is 0 Å². The lowest BCUT2D eigenvalue weighted by atomic mass is 10.0. The van der Waals surface area contributed by atoms with Gasteiger partial charge < -0.3 is 10.5 Å². The number of likely N-dealkylation sites (N-methyl/N-ethyl adjacent to an activating group) is 1. The first kappa shape index (κ1) is 16.0. The number of hydrogen-bond donors (Lipinski definition) is 1. The number of unbranched alkanes of at least 4 members (excludes halogenated alkanes) is 1. The monoisotopic (exact) mass is 264 g/mol. The van der Waals surface area contributed by atoms with Crippen LogP contribution >= 0.6 is 0 Å². The first-order chi connectivity index (χ1) is 9.26. The molecule has 0 saturated carbocycles. The summed E-state index contributed by atoms with van der Waals surface area (Å²) in [7, 11) is 0. The molecule has 2 N–H and O–H groups in total. The smallest absolute Gasteiger partial charge is 0.119 e. The second-order valence-electron chi connectivity index (χ2n) is 4.74. The number of nitrogens with zero attached hydrogens (tertiary/aromatic N) is 1. The number of benzene rings is 1. The minimum Gasteiger partial charge on any atom is -0.494 e. The zero-order chi connectivity index (χ0) is 14.1. The predicted molar refractivity (Wildman–Crippen MR) is 81.6 cm³/mol. The average molecular weight is 264 g/mol. The van der Waals surface area contributed by atoms with Gasteiger partial charge in [-0.2, -0.15) is 0 Å². The van der Waals surface area contributed by atoms with Crippen molar-refractivity contribution in [1.82, 2.24) is 4.90 Å². The summed E-state index contributed by atoms with van der Waals surface area (Å²) in [6.45, 7) is 9.91. The Hall–Kier alpha value is -1.06. The van der Waals surface area contributed by atoms with E-state index in [1.165, 1.54) is 18.4 Å². The molecule has 1 aromatic carbocycles. The van der Waals surface area contributed by atoms with Crippen molar-refractivity contribution >= 4 is 0 Å². The predicted octanol–water partition coefficient (Wildman–Crippen LogP) is 3.21. The van der Waals surface area contributed by atoms with Crippen molar-refractivity contribution in [2.24, 2.45) is 5.73 Å².